The number of allylic oxidation sites excluding steroid dienone is 1. The molecular formula is C22H19NO4. The van der Waals surface area contributed by atoms with Gasteiger partial charge in [0, 0.05) is 17.8 Å². The van der Waals surface area contributed by atoms with Crippen molar-refractivity contribution in [3.63, 3.8) is 0 Å². The number of nitrogens with zero attached hydrogens (tertiary/aromatic N) is 1. The van der Waals surface area contributed by atoms with Crippen molar-refractivity contribution in [2.24, 2.45) is 5.92 Å². The van der Waals surface area contributed by atoms with E-state index in [1.807, 2.05) is 50.3 Å². The number of hydrogen-bond donors (Lipinski definition) is 0. The van der Waals surface area contributed by atoms with Crippen LogP contribution in [-0.4, -0.2) is 16.3 Å². The highest BCUT2D eigenvalue weighted by atomic mass is 16.5. The summed E-state index contributed by atoms with van der Waals surface area (Å²) >= 11 is 0. The third kappa shape index (κ3) is 1.97. The first-order valence-corrected chi connectivity index (χ1v) is 9.25. The van der Waals surface area contributed by atoms with Crippen molar-refractivity contribution < 1.29 is 14.3 Å². The normalized spacial score (nSPS) is 25.1. The summed E-state index contributed by atoms with van der Waals surface area (Å²) < 4.78 is 6.98. The molecule has 3 aliphatic rings. The van der Waals surface area contributed by atoms with Crippen LogP contribution in [0, 0.1) is 5.92 Å². The summed E-state index contributed by atoms with van der Waals surface area (Å²) in [6.45, 7) is 4.09. The molecule has 1 unspecified atom stereocenters. The molecule has 0 saturated carbocycles. The number of Topliss-reactive ketones (excluding diaryl/α,β-unsaturated/α-hetero) is 1. The molecule has 2 atom stereocenters. The van der Waals surface area contributed by atoms with Gasteiger partial charge in [-0.1, -0.05) is 31.2 Å². The van der Waals surface area contributed by atoms with Crippen molar-refractivity contribution in [2.75, 3.05) is 0 Å². The van der Waals surface area contributed by atoms with Crippen molar-refractivity contribution >= 4 is 23.4 Å². The third-order valence-electron chi connectivity index (χ3n) is 6.39. The molecule has 2 aliphatic heterocycles. The molecule has 0 spiro atoms. The lowest BCUT2D eigenvalue weighted by Crippen LogP contribution is -2.42. The zero-order chi connectivity index (χ0) is 18.9. The smallest absolute Gasteiger partial charge is 0.316 e. The number of rotatable bonds is 1. The Hall–Kier alpha value is -2.95. The topological polar surface area (TPSA) is 65.4 Å². The second-order valence-corrected chi connectivity index (χ2v) is 7.70. The monoisotopic (exact) mass is 361 g/mol. The Morgan fingerprint density at radius 3 is 2.78 bits per heavy atom. The van der Waals surface area contributed by atoms with Gasteiger partial charge in [0.25, 0.3) is 5.56 Å². The number of pyridine rings is 1. The van der Waals surface area contributed by atoms with E-state index >= 15 is 0 Å². The Bertz CT molecular complexity index is 1120. The Balaban J connectivity index is 1.77. The average Bonchev–Trinajstić information content (AvgIpc) is 3.05. The molecule has 0 bridgehead atoms. The second kappa shape index (κ2) is 5.28. The zero-order valence-corrected chi connectivity index (χ0v) is 15.2. The van der Waals surface area contributed by atoms with Crippen LogP contribution in [0.3, 0.4) is 0 Å². The van der Waals surface area contributed by atoms with Gasteiger partial charge in [0.1, 0.15) is 6.61 Å². The molecule has 0 fully saturated rings. The first-order chi connectivity index (χ1) is 13.0. The molecule has 3 heterocycles. The lowest BCUT2D eigenvalue weighted by Gasteiger charge is -2.33. The predicted octanol–water partition coefficient (Wildman–Crippen LogP) is 2.94. The summed E-state index contributed by atoms with van der Waals surface area (Å²) in [5, 5.41) is 0. The van der Waals surface area contributed by atoms with E-state index in [9.17, 15) is 14.4 Å². The number of carbonyl (C=O) groups is 2. The highest BCUT2D eigenvalue weighted by Gasteiger charge is 2.45. The largest absolute Gasteiger partial charge is 0.460 e. The Kier molecular flexibility index (Phi) is 3.18. The minimum absolute atomic E-state index is 0.000750. The maximum atomic E-state index is 13.2. The number of aromatic nitrogens is 1. The lowest BCUT2D eigenvalue weighted by atomic mass is 9.76. The summed E-state index contributed by atoms with van der Waals surface area (Å²) in [6.07, 6.45) is 2.56. The van der Waals surface area contributed by atoms with Crippen LogP contribution in [0.5, 0.6) is 0 Å². The summed E-state index contributed by atoms with van der Waals surface area (Å²) in [7, 11) is 0. The van der Waals surface area contributed by atoms with Crippen LogP contribution in [0.2, 0.25) is 0 Å². The second-order valence-electron chi connectivity index (χ2n) is 7.70. The van der Waals surface area contributed by atoms with E-state index in [-0.39, 0.29) is 29.8 Å². The van der Waals surface area contributed by atoms with Crippen molar-refractivity contribution in [2.45, 2.75) is 38.8 Å². The molecule has 0 N–H and O–H groups in total. The number of ketones is 1. The first-order valence-electron chi connectivity index (χ1n) is 9.25. The van der Waals surface area contributed by atoms with E-state index in [4.69, 9.17) is 4.74 Å². The molecule has 5 heteroatoms. The Labute approximate surface area is 156 Å². The highest BCUT2D eigenvalue weighted by Crippen LogP contribution is 2.43. The molecule has 1 aliphatic carbocycles. The van der Waals surface area contributed by atoms with Crippen molar-refractivity contribution in [3.05, 3.63) is 68.6 Å². The number of ether oxygens (including phenoxy) is 1. The van der Waals surface area contributed by atoms with Gasteiger partial charge < -0.3 is 9.30 Å². The van der Waals surface area contributed by atoms with E-state index in [0.717, 1.165) is 22.4 Å². The van der Waals surface area contributed by atoms with E-state index in [1.54, 1.807) is 4.57 Å². The SMILES string of the molecule is CC[C@@]1(C)C(=O)OCc2c1cc1n(c2=O)CC2C(=O)c3ccccc3C=C12. The van der Waals surface area contributed by atoms with Gasteiger partial charge in [0.15, 0.2) is 5.78 Å². The lowest BCUT2D eigenvalue weighted by molar-refractivity contribution is -0.153. The van der Waals surface area contributed by atoms with Crippen LogP contribution < -0.4 is 5.56 Å². The molecule has 0 amide bonds. The van der Waals surface area contributed by atoms with Crippen molar-refractivity contribution in [1.29, 1.82) is 0 Å². The van der Waals surface area contributed by atoms with Gasteiger partial charge in [-0.15, -0.1) is 0 Å². The number of esters is 1. The van der Waals surface area contributed by atoms with E-state index in [2.05, 4.69) is 0 Å². The van der Waals surface area contributed by atoms with Gasteiger partial charge in [-0.3, -0.25) is 14.4 Å². The average molecular weight is 361 g/mol. The standard InChI is InChI=1S/C22H19NO4/c1-3-22(2)17-9-18-14-8-12-6-4-5-7-13(12)19(24)15(14)10-23(18)20(25)16(17)11-27-21(22)26/h4-9,15H,3,10-11H2,1-2H3/t15?,22-/m1/s1. The maximum Gasteiger partial charge on any atom is 0.316 e. The fourth-order valence-electron chi connectivity index (χ4n) is 4.54. The minimum Gasteiger partial charge on any atom is -0.460 e. The zero-order valence-electron chi connectivity index (χ0n) is 15.2. The van der Waals surface area contributed by atoms with Gasteiger partial charge in [-0.2, -0.15) is 0 Å². The van der Waals surface area contributed by atoms with E-state index < -0.39 is 5.41 Å². The van der Waals surface area contributed by atoms with Gasteiger partial charge in [0.2, 0.25) is 0 Å². The Morgan fingerprint density at radius 2 is 2.00 bits per heavy atom. The van der Waals surface area contributed by atoms with Crippen molar-refractivity contribution in [1.82, 2.24) is 4.57 Å². The molecule has 136 valence electrons. The quantitative estimate of drug-likeness (QED) is 0.733. The molecular weight excluding hydrogens is 342 g/mol. The van der Waals surface area contributed by atoms with Gasteiger partial charge in [-0.05, 0) is 42.2 Å². The van der Waals surface area contributed by atoms with Crippen LogP contribution >= 0.6 is 0 Å². The molecule has 27 heavy (non-hydrogen) atoms. The number of benzene rings is 1. The number of hydrogen-bond acceptors (Lipinski definition) is 4. The predicted molar refractivity (Wildman–Crippen MR) is 100 cm³/mol. The molecule has 0 saturated heterocycles. The van der Waals surface area contributed by atoms with Crippen molar-refractivity contribution in [3.8, 4) is 0 Å². The fraction of sp³-hybridized carbons (Fsp3) is 0.318. The molecule has 5 nitrogen and oxygen atoms in total. The summed E-state index contributed by atoms with van der Waals surface area (Å²) in [4.78, 5) is 38.6. The van der Waals surface area contributed by atoms with Crippen LogP contribution in [-0.2, 0) is 28.1 Å². The summed E-state index contributed by atoms with van der Waals surface area (Å²) in [5.41, 5.74) is 3.49. The highest BCUT2D eigenvalue weighted by molar-refractivity contribution is 6.13. The number of cyclic esters (lactones) is 1. The van der Waals surface area contributed by atoms with E-state index in [1.165, 1.54) is 0 Å². The third-order valence-corrected chi connectivity index (χ3v) is 6.39. The van der Waals surface area contributed by atoms with E-state index in [0.29, 0.717) is 24.1 Å². The maximum absolute atomic E-state index is 13.2. The van der Waals surface area contributed by atoms with Crippen LogP contribution in [0.1, 0.15) is 53.0 Å². The van der Waals surface area contributed by atoms with Gasteiger partial charge in [-0.25, -0.2) is 0 Å². The van der Waals surface area contributed by atoms with Crippen LogP contribution in [0.4, 0.5) is 0 Å². The fourth-order valence-corrected chi connectivity index (χ4v) is 4.54. The minimum atomic E-state index is -0.836. The summed E-state index contributed by atoms with van der Waals surface area (Å²) in [5.74, 6) is -0.592. The first kappa shape index (κ1) is 16.2. The Morgan fingerprint density at radius 1 is 1.22 bits per heavy atom. The molecule has 2 aromatic rings. The molecule has 0 radical (unpaired) electrons. The van der Waals surface area contributed by atoms with Crippen LogP contribution in [0.25, 0.3) is 11.6 Å². The number of carbonyl (C=O) groups excluding carboxylic acids is 2. The molecule has 5 rings (SSSR count). The molecule has 1 aromatic carbocycles. The van der Waals surface area contributed by atoms with Gasteiger partial charge in [0.05, 0.1) is 16.9 Å². The summed E-state index contributed by atoms with van der Waals surface area (Å²) in [6, 6.07) is 9.46. The van der Waals surface area contributed by atoms with Crippen LogP contribution in [0.15, 0.2) is 35.1 Å². The van der Waals surface area contributed by atoms with Gasteiger partial charge >= 0.3 is 5.97 Å². The number of fused-ring (bicyclic) bond motifs is 5. The molecule has 1 aromatic heterocycles.